The molecule has 0 aliphatic carbocycles. The topological polar surface area (TPSA) is 127 Å². The van der Waals surface area contributed by atoms with Crippen molar-refractivity contribution in [2.24, 2.45) is 0 Å². The number of hydrogen-bond donors (Lipinski definition) is 3. The van der Waals surface area contributed by atoms with Crippen LogP contribution in [0.3, 0.4) is 0 Å². The van der Waals surface area contributed by atoms with Crippen LogP contribution in [0, 0.1) is 0 Å². The maximum absolute atomic E-state index is 11.9. The molecule has 0 atom stereocenters. The molecular formula is C8H9ClN6O2S. The molecule has 4 N–H and O–H groups in total. The van der Waals surface area contributed by atoms with E-state index in [9.17, 15) is 8.42 Å². The molecule has 2 rings (SSSR count). The largest absolute Gasteiger partial charge is 0.399 e. The number of aromatic amines is 1. The van der Waals surface area contributed by atoms with Crippen molar-refractivity contribution < 1.29 is 8.42 Å². The van der Waals surface area contributed by atoms with Crippen molar-refractivity contribution in [2.75, 3.05) is 5.73 Å². The Bertz CT molecular complexity index is 642. The summed E-state index contributed by atoms with van der Waals surface area (Å²) in [7, 11) is -3.74. The summed E-state index contributed by atoms with van der Waals surface area (Å²) >= 11 is 5.83. The molecule has 1 aromatic heterocycles. The Morgan fingerprint density at radius 3 is 2.83 bits per heavy atom. The van der Waals surface area contributed by atoms with Gasteiger partial charge in [0.2, 0.25) is 10.0 Å². The average molecular weight is 289 g/mol. The quantitative estimate of drug-likeness (QED) is 0.675. The highest BCUT2D eigenvalue weighted by molar-refractivity contribution is 7.89. The number of hydrogen-bond acceptors (Lipinski definition) is 6. The van der Waals surface area contributed by atoms with Crippen LogP contribution in [-0.4, -0.2) is 29.0 Å². The van der Waals surface area contributed by atoms with Crippen LogP contribution >= 0.6 is 11.6 Å². The third-order valence-electron chi connectivity index (χ3n) is 2.05. The highest BCUT2D eigenvalue weighted by Gasteiger charge is 2.18. The minimum atomic E-state index is -3.74. The van der Waals surface area contributed by atoms with Crippen LogP contribution in [0.25, 0.3) is 0 Å². The molecule has 0 bridgehead atoms. The molecule has 10 heteroatoms. The summed E-state index contributed by atoms with van der Waals surface area (Å²) in [5, 5.41) is 12.8. The van der Waals surface area contributed by atoms with Crippen LogP contribution in [0.15, 0.2) is 23.1 Å². The normalized spacial score (nSPS) is 11.6. The van der Waals surface area contributed by atoms with Gasteiger partial charge in [-0.25, -0.2) is 13.1 Å². The fourth-order valence-electron chi connectivity index (χ4n) is 1.23. The summed E-state index contributed by atoms with van der Waals surface area (Å²) < 4.78 is 26.2. The zero-order valence-corrected chi connectivity index (χ0v) is 10.5. The van der Waals surface area contributed by atoms with Crippen molar-refractivity contribution in [1.82, 2.24) is 25.3 Å². The molecule has 8 nitrogen and oxygen atoms in total. The van der Waals surface area contributed by atoms with E-state index in [1.165, 1.54) is 18.2 Å². The minimum Gasteiger partial charge on any atom is -0.399 e. The van der Waals surface area contributed by atoms with Crippen LogP contribution in [0.2, 0.25) is 5.02 Å². The fraction of sp³-hybridized carbons (Fsp3) is 0.125. The highest BCUT2D eigenvalue weighted by Crippen LogP contribution is 2.23. The predicted octanol–water partition coefficient (Wildman–Crippen LogP) is -0.0862. The van der Waals surface area contributed by atoms with Gasteiger partial charge in [0, 0.05) is 5.69 Å². The molecule has 96 valence electrons. The summed E-state index contributed by atoms with van der Waals surface area (Å²) in [6.07, 6.45) is 0. The lowest BCUT2D eigenvalue weighted by Crippen LogP contribution is -2.24. The van der Waals surface area contributed by atoms with E-state index in [1.54, 1.807) is 0 Å². The first-order valence-corrected chi connectivity index (χ1v) is 6.62. The van der Waals surface area contributed by atoms with Gasteiger partial charge in [0.05, 0.1) is 11.6 Å². The van der Waals surface area contributed by atoms with Crippen LogP contribution in [0.4, 0.5) is 5.69 Å². The van der Waals surface area contributed by atoms with Crippen LogP contribution in [0.5, 0.6) is 0 Å². The van der Waals surface area contributed by atoms with E-state index < -0.39 is 10.0 Å². The van der Waals surface area contributed by atoms with Gasteiger partial charge in [0.25, 0.3) is 0 Å². The maximum Gasteiger partial charge on any atom is 0.242 e. The third-order valence-corrected chi connectivity index (χ3v) is 3.94. The second-order valence-electron chi connectivity index (χ2n) is 3.34. The van der Waals surface area contributed by atoms with Gasteiger partial charge in [-0.2, -0.15) is 5.21 Å². The molecule has 2 aromatic rings. The fourth-order valence-corrected chi connectivity index (χ4v) is 2.76. The van der Waals surface area contributed by atoms with E-state index in [4.69, 9.17) is 17.3 Å². The Labute approximate surface area is 108 Å². The SMILES string of the molecule is Nc1ccc(S(=O)(=O)NCc2nn[nH]n2)c(Cl)c1. The van der Waals surface area contributed by atoms with E-state index in [-0.39, 0.29) is 22.3 Å². The lowest BCUT2D eigenvalue weighted by atomic mass is 10.3. The van der Waals surface area contributed by atoms with Gasteiger partial charge in [-0.05, 0) is 18.2 Å². The van der Waals surface area contributed by atoms with Gasteiger partial charge in [-0.1, -0.05) is 16.8 Å². The van der Waals surface area contributed by atoms with E-state index in [0.717, 1.165) is 0 Å². The molecule has 0 saturated carbocycles. The molecule has 0 unspecified atom stereocenters. The van der Waals surface area contributed by atoms with Crippen molar-refractivity contribution in [3.63, 3.8) is 0 Å². The first-order chi connectivity index (χ1) is 8.49. The Kier molecular flexibility index (Phi) is 3.45. The molecule has 0 fully saturated rings. The highest BCUT2D eigenvalue weighted by atomic mass is 35.5. The number of nitrogen functional groups attached to an aromatic ring is 1. The number of tetrazole rings is 1. The lowest BCUT2D eigenvalue weighted by molar-refractivity contribution is 0.579. The summed E-state index contributed by atoms with van der Waals surface area (Å²) in [5.74, 6) is 0.227. The molecule has 0 amide bonds. The van der Waals surface area contributed by atoms with Gasteiger partial charge >= 0.3 is 0 Å². The standard InChI is InChI=1S/C8H9ClN6O2S/c9-6-3-5(10)1-2-7(6)18(16,17)11-4-8-12-14-15-13-8/h1-3,11H,4,10H2,(H,12,13,14,15). The van der Waals surface area contributed by atoms with E-state index in [0.29, 0.717) is 5.69 Å². The van der Waals surface area contributed by atoms with Crippen LogP contribution in [-0.2, 0) is 16.6 Å². The number of nitrogens with two attached hydrogens (primary N) is 1. The van der Waals surface area contributed by atoms with Crippen molar-refractivity contribution >= 4 is 27.3 Å². The lowest BCUT2D eigenvalue weighted by Gasteiger charge is -2.07. The summed E-state index contributed by atoms with van der Waals surface area (Å²) in [6.45, 7) is -0.0838. The average Bonchev–Trinajstić information content (AvgIpc) is 2.78. The Balaban J connectivity index is 2.20. The second kappa shape index (κ2) is 4.88. The van der Waals surface area contributed by atoms with E-state index in [1.807, 2.05) is 0 Å². The van der Waals surface area contributed by atoms with Crippen LogP contribution < -0.4 is 10.5 Å². The zero-order valence-electron chi connectivity index (χ0n) is 8.96. The first-order valence-electron chi connectivity index (χ1n) is 4.76. The molecule has 0 spiro atoms. The molecule has 1 heterocycles. The molecule has 18 heavy (non-hydrogen) atoms. The number of nitrogens with one attached hydrogen (secondary N) is 2. The molecule has 1 aromatic carbocycles. The van der Waals surface area contributed by atoms with Crippen molar-refractivity contribution in [3.05, 3.63) is 29.0 Å². The Hall–Kier alpha value is -1.71. The van der Waals surface area contributed by atoms with E-state index >= 15 is 0 Å². The van der Waals surface area contributed by atoms with E-state index in [2.05, 4.69) is 25.3 Å². The van der Waals surface area contributed by atoms with Crippen molar-refractivity contribution in [3.8, 4) is 0 Å². The number of halogens is 1. The smallest absolute Gasteiger partial charge is 0.242 e. The van der Waals surface area contributed by atoms with Gasteiger partial charge in [0.1, 0.15) is 4.90 Å². The van der Waals surface area contributed by atoms with Gasteiger partial charge in [-0.3, -0.25) is 0 Å². The number of rotatable bonds is 4. The maximum atomic E-state index is 11.9. The number of anilines is 1. The number of sulfonamides is 1. The number of benzene rings is 1. The molecular weight excluding hydrogens is 280 g/mol. The van der Waals surface area contributed by atoms with Gasteiger partial charge < -0.3 is 5.73 Å². The van der Waals surface area contributed by atoms with Crippen molar-refractivity contribution in [1.29, 1.82) is 0 Å². The third kappa shape index (κ3) is 2.75. The number of nitrogens with zero attached hydrogens (tertiary/aromatic N) is 3. The Morgan fingerprint density at radius 1 is 1.44 bits per heavy atom. The van der Waals surface area contributed by atoms with Crippen LogP contribution in [0.1, 0.15) is 5.82 Å². The predicted molar refractivity (Wildman–Crippen MR) is 64.1 cm³/mol. The summed E-state index contributed by atoms with van der Waals surface area (Å²) in [5.41, 5.74) is 5.88. The summed E-state index contributed by atoms with van der Waals surface area (Å²) in [4.78, 5) is -0.0538. The number of aromatic nitrogens is 4. The Morgan fingerprint density at radius 2 is 2.22 bits per heavy atom. The molecule has 0 radical (unpaired) electrons. The summed E-state index contributed by atoms with van der Waals surface area (Å²) in [6, 6.07) is 4.15. The second-order valence-corrected chi connectivity index (χ2v) is 5.49. The first kappa shape index (κ1) is 12.7. The van der Waals surface area contributed by atoms with Gasteiger partial charge in [-0.15, -0.1) is 10.2 Å². The number of H-pyrrole nitrogens is 1. The molecule has 0 aliphatic rings. The van der Waals surface area contributed by atoms with Gasteiger partial charge in [0.15, 0.2) is 5.82 Å². The molecule has 0 saturated heterocycles. The molecule has 0 aliphatic heterocycles. The zero-order chi connectivity index (χ0) is 13.2. The van der Waals surface area contributed by atoms with Crippen molar-refractivity contribution in [2.45, 2.75) is 11.4 Å². The minimum absolute atomic E-state index is 0.0515. The monoisotopic (exact) mass is 288 g/mol.